The van der Waals surface area contributed by atoms with Gasteiger partial charge in [0.2, 0.25) is 0 Å². The summed E-state index contributed by atoms with van der Waals surface area (Å²) in [6.07, 6.45) is 0. The number of para-hydroxylation sites is 3. The molecule has 0 N–H and O–H groups in total. The second-order valence-electron chi connectivity index (χ2n) is 21.1. The molecule has 0 bridgehead atoms. The Morgan fingerprint density at radius 3 is 1.60 bits per heavy atom. The van der Waals surface area contributed by atoms with E-state index in [1.165, 1.54) is 32.3 Å². The van der Waals surface area contributed by atoms with Gasteiger partial charge in [0.25, 0.3) is 0 Å². The van der Waals surface area contributed by atoms with Crippen LogP contribution in [0.3, 0.4) is 0 Å². The first-order valence-corrected chi connectivity index (χ1v) is 27.5. The van der Waals surface area contributed by atoms with Crippen LogP contribution in [0.2, 0.25) is 0 Å². The molecule has 0 saturated carbocycles. The van der Waals surface area contributed by atoms with E-state index in [1.54, 1.807) is 0 Å². The first-order chi connectivity index (χ1) is 40.1. The molecule has 13 aromatic carbocycles. The fraction of sp³-hybridized carbons (Fsp3) is 0. The number of nitrogens with zero attached hydrogens (tertiary/aromatic N) is 5. The molecule has 0 radical (unpaired) electrons. The summed E-state index contributed by atoms with van der Waals surface area (Å²) in [6.45, 7) is 0. The van der Waals surface area contributed by atoms with Crippen LogP contribution in [0, 0.1) is 0 Å². The van der Waals surface area contributed by atoms with Crippen molar-refractivity contribution >= 4 is 97.9 Å². The predicted molar refractivity (Wildman–Crippen MR) is 335 cm³/mol. The largest absolute Gasteiger partial charge is 0.456 e. The van der Waals surface area contributed by atoms with Gasteiger partial charge in [0.05, 0.1) is 27.8 Å². The molecule has 6 nitrogen and oxygen atoms in total. The van der Waals surface area contributed by atoms with Gasteiger partial charge in [-0.15, -0.1) is 0 Å². The Hall–Kier alpha value is -11.0. The Morgan fingerprint density at radius 1 is 0.259 bits per heavy atom. The van der Waals surface area contributed by atoms with Gasteiger partial charge in [0.15, 0.2) is 17.5 Å². The maximum absolute atomic E-state index is 6.37. The Labute approximate surface area is 464 Å². The van der Waals surface area contributed by atoms with Crippen LogP contribution < -0.4 is 0 Å². The summed E-state index contributed by atoms with van der Waals surface area (Å²) in [5.74, 6) is 1.70. The number of furan rings is 1. The molecule has 0 aliphatic rings. The summed E-state index contributed by atoms with van der Waals surface area (Å²) in [4.78, 5) is 16.7. The van der Waals surface area contributed by atoms with Crippen LogP contribution in [0.25, 0.3) is 166 Å². The fourth-order valence-corrected chi connectivity index (χ4v) is 12.8. The summed E-state index contributed by atoms with van der Waals surface area (Å²) in [6, 6.07) is 97.9. The van der Waals surface area contributed by atoms with Crippen molar-refractivity contribution < 1.29 is 4.42 Å². The summed E-state index contributed by atoms with van der Waals surface area (Å²) in [5.41, 5.74) is 15.3. The fourth-order valence-electron chi connectivity index (χ4n) is 12.8. The lowest BCUT2D eigenvalue weighted by molar-refractivity contribution is 0.669. The second kappa shape index (κ2) is 17.8. The predicted octanol–water partition coefficient (Wildman–Crippen LogP) is 19.8. The monoisotopic (exact) mass is 1030 g/mol. The first kappa shape index (κ1) is 45.1. The highest BCUT2D eigenvalue weighted by molar-refractivity contribution is 6.23. The average Bonchev–Trinajstić information content (AvgIpc) is 4.16. The molecule has 81 heavy (non-hydrogen) atoms. The third-order valence-corrected chi connectivity index (χ3v) is 16.5. The van der Waals surface area contributed by atoms with Gasteiger partial charge in [0.1, 0.15) is 11.2 Å². The number of aromatic nitrogens is 5. The zero-order valence-corrected chi connectivity index (χ0v) is 43.6. The Bertz CT molecular complexity index is 5410. The van der Waals surface area contributed by atoms with E-state index in [1.807, 2.05) is 18.2 Å². The van der Waals surface area contributed by atoms with E-state index in [4.69, 9.17) is 19.4 Å². The normalized spacial score (nSPS) is 12.0. The lowest BCUT2D eigenvalue weighted by Crippen LogP contribution is -2.04. The van der Waals surface area contributed by atoms with Crippen LogP contribution >= 0.6 is 0 Å². The second-order valence-corrected chi connectivity index (χ2v) is 21.1. The number of rotatable bonds is 7. The van der Waals surface area contributed by atoms with E-state index in [-0.39, 0.29) is 0 Å². The van der Waals surface area contributed by atoms with E-state index < -0.39 is 0 Å². The molecule has 6 heteroatoms. The minimum atomic E-state index is 0.562. The molecule has 0 spiro atoms. The maximum Gasteiger partial charge on any atom is 0.164 e. The van der Waals surface area contributed by atoms with Gasteiger partial charge in [-0.2, -0.15) is 0 Å². The van der Waals surface area contributed by atoms with Gasteiger partial charge in [-0.05, 0) is 123 Å². The van der Waals surface area contributed by atoms with Crippen LogP contribution in [0.5, 0.6) is 0 Å². The maximum atomic E-state index is 6.37. The van der Waals surface area contributed by atoms with Crippen molar-refractivity contribution in [2.75, 3.05) is 0 Å². The molecule has 0 amide bonds. The summed E-state index contributed by atoms with van der Waals surface area (Å²) in [5, 5.41) is 13.5. The number of hydrogen-bond donors (Lipinski definition) is 0. The van der Waals surface area contributed by atoms with Gasteiger partial charge in [-0.25, -0.2) is 15.0 Å². The molecule has 0 unspecified atom stereocenters. The van der Waals surface area contributed by atoms with Crippen LogP contribution in [0.1, 0.15) is 0 Å². The highest BCUT2D eigenvalue weighted by atomic mass is 16.3. The molecule has 0 aliphatic heterocycles. The minimum absolute atomic E-state index is 0.562. The third-order valence-electron chi connectivity index (χ3n) is 16.5. The molecule has 4 heterocycles. The number of fused-ring (bicyclic) bond motifs is 13. The molecule has 0 saturated heterocycles. The third kappa shape index (κ3) is 7.10. The van der Waals surface area contributed by atoms with E-state index in [2.05, 4.69) is 264 Å². The molecule has 0 fully saturated rings. The van der Waals surface area contributed by atoms with Crippen molar-refractivity contribution in [3.63, 3.8) is 0 Å². The SMILES string of the molecule is c1ccc(-c2ccc3c(-n4c5cc6ccccc6cc5c5ccc6ccccc6c54)c(-c4ccccc4)cc(-c4nc(-c5ccc6oc7ccccc7c6c5)nc(-c5ccc6c(c5)c5ccccc5n6-c5ccccc5)n4)c3c2)cc1. The molecule has 17 rings (SSSR count). The first-order valence-electron chi connectivity index (χ1n) is 27.5. The van der Waals surface area contributed by atoms with Crippen molar-refractivity contribution in [3.8, 4) is 67.8 Å². The summed E-state index contributed by atoms with van der Waals surface area (Å²) >= 11 is 0. The van der Waals surface area contributed by atoms with Crippen molar-refractivity contribution in [2.45, 2.75) is 0 Å². The van der Waals surface area contributed by atoms with Crippen molar-refractivity contribution in [1.29, 1.82) is 0 Å². The van der Waals surface area contributed by atoms with Crippen molar-refractivity contribution in [1.82, 2.24) is 24.1 Å². The molecule has 376 valence electrons. The molecular weight excluding hydrogens is 987 g/mol. The van der Waals surface area contributed by atoms with Crippen molar-refractivity contribution in [3.05, 3.63) is 273 Å². The summed E-state index contributed by atoms with van der Waals surface area (Å²) < 4.78 is 11.3. The average molecular weight is 1030 g/mol. The Morgan fingerprint density at radius 2 is 0.815 bits per heavy atom. The zero-order chi connectivity index (χ0) is 53.1. The lowest BCUT2D eigenvalue weighted by atomic mass is 9.91. The molecule has 0 aliphatic carbocycles. The lowest BCUT2D eigenvalue weighted by Gasteiger charge is -2.21. The molecule has 17 aromatic rings. The quantitative estimate of drug-likeness (QED) is 0.160. The van der Waals surface area contributed by atoms with E-state index in [9.17, 15) is 0 Å². The topological polar surface area (TPSA) is 61.7 Å². The van der Waals surface area contributed by atoms with E-state index in [0.717, 1.165) is 116 Å². The van der Waals surface area contributed by atoms with E-state index in [0.29, 0.717) is 17.5 Å². The molecular formula is C75H45N5O. The van der Waals surface area contributed by atoms with Crippen LogP contribution in [-0.4, -0.2) is 24.1 Å². The zero-order valence-electron chi connectivity index (χ0n) is 43.6. The smallest absolute Gasteiger partial charge is 0.164 e. The standard InChI is InChI=1S/C75H45N5O/c1-4-18-46(19-5-1)51-33-37-58-61(40-51)65(45-60(47-20-6-2-7-21-47)72(58)80-68-44-50-24-11-10-23-49(50)41-63(68)59-36-32-48-22-12-13-27-55(48)71(59)80)75-77-73(76-74(78-75)53-35-39-70-64(43-53)57-29-15-17-31-69(57)81-70)52-34-38-67-62(42-52)56-28-14-16-30-66(56)79(67)54-25-8-3-9-26-54/h1-45H. The van der Waals surface area contributed by atoms with Gasteiger partial charge in [-0.1, -0.05) is 188 Å². The van der Waals surface area contributed by atoms with Crippen LogP contribution in [-0.2, 0) is 0 Å². The molecule has 4 aromatic heterocycles. The number of hydrogen-bond acceptors (Lipinski definition) is 4. The van der Waals surface area contributed by atoms with Gasteiger partial charge < -0.3 is 13.6 Å². The van der Waals surface area contributed by atoms with E-state index >= 15 is 0 Å². The van der Waals surface area contributed by atoms with Gasteiger partial charge in [-0.3, -0.25) is 0 Å². The minimum Gasteiger partial charge on any atom is -0.456 e. The Balaban J connectivity index is 0.997. The van der Waals surface area contributed by atoms with Crippen LogP contribution in [0.4, 0.5) is 0 Å². The number of benzene rings is 13. The van der Waals surface area contributed by atoms with Gasteiger partial charge >= 0.3 is 0 Å². The molecule has 0 atom stereocenters. The van der Waals surface area contributed by atoms with Crippen LogP contribution in [0.15, 0.2) is 277 Å². The highest BCUT2D eigenvalue weighted by Gasteiger charge is 2.26. The van der Waals surface area contributed by atoms with Gasteiger partial charge in [0, 0.05) is 71.0 Å². The Kier molecular flexibility index (Phi) is 9.91. The highest BCUT2D eigenvalue weighted by Crippen LogP contribution is 2.47. The van der Waals surface area contributed by atoms with Crippen molar-refractivity contribution in [2.24, 2.45) is 0 Å². The summed E-state index contributed by atoms with van der Waals surface area (Å²) in [7, 11) is 0.